The number of H-pyrrole nitrogens is 2. The van der Waals surface area contributed by atoms with Gasteiger partial charge in [0.05, 0.1) is 23.8 Å². The smallest absolute Gasteiger partial charge is 0.0914 e. The van der Waals surface area contributed by atoms with E-state index in [0.717, 1.165) is 44.3 Å². The van der Waals surface area contributed by atoms with Crippen LogP contribution in [0.2, 0.25) is 0 Å². The Morgan fingerprint density at radius 1 is 0.625 bits per heavy atom. The van der Waals surface area contributed by atoms with Crippen LogP contribution in [0.25, 0.3) is 44.3 Å². The van der Waals surface area contributed by atoms with Crippen LogP contribution in [0.3, 0.4) is 0 Å². The van der Waals surface area contributed by atoms with Gasteiger partial charge in [-0.3, -0.25) is 4.98 Å². The Labute approximate surface area is 138 Å². The summed E-state index contributed by atoms with van der Waals surface area (Å²) in [4.78, 5) is 15.9. The van der Waals surface area contributed by atoms with Gasteiger partial charge in [-0.2, -0.15) is 0 Å². The van der Waals surface area contributed by atoms with Crippen molar-refractivity contribution in [3.8, 4) is 22.5 Å². The lowest BCUT2D eigenvalue weighted by atomic mass is 10.1. The van der Waals surface area contributed by atoms with Crippen LogP contribution in [-0.4, -0.2) is 19.9 Å². The predicted molar refractivity (Wildman–Crippen MR) is 96.6 cm³/mol. The Kier molecular flexibility index (Phi) is 2.76. The van der Waals surface area contributed by atoms with Crippen LogP contribution in [-0.2, 0) is 0 Å². The van der Waals surface area contributed by atoms with E-state index in [-0.39, 0.29) is 0 Å². The highest BCUT2D eigenvalue weighted by molar-refractivity contribution is 5.96. The van der Waals surface area contributed by atoms with Crippen LogP contribution in [0.5, 0.6) is 0 Å². The molecule has 24 heavy (non-hydrogen) atoms. The maximum atomic E-state index is 4.86. The van der Waals surface area contributed by atoms with E-state index < -0.39 is 0 Å². The number of hydrogen-bond donors (Lipinski definition) is 2. The van der Waals surface area contributed by atoms with Gasteiger partial charge in [-0.1, -0.05) is 36.4 Å². The second-order valence-corrected chi connectivity index (χ2v) is 5.79. The van der Waals surface area contributed by atoms with Gasteiger partial charge < -0.3 is 9.97 Å². The van der Waals surface area contributed by atoms with Gasteiger partial charge in [-0.25, -0.2) is 4.98 Å². The summed E-state index contributed by atoms with van der Waals surface area (Å²) in [7, 11) is 0. The van der Waals surface area contributed by atoms with E-state index in [4.69, 9.17) is 4.98 Å². The number of nitrogens with zero attached hydrogens (tertiary/aromatic N) is 2. The minimum absolute atomic E-state index is 0.871. The lowest BCUT2D eigenvalue weighted by Crippen LogP contribution is -1.89. The summed E-state index contributed by atoms with van der Waals surface area (Å²) in [6.45, 7) is 0. The molecule has 4 heteroatoms. The molecule has 0 bridgehead atoms. The summed E-state index contributed by atoms with van der Waals surface area (Å²) in [5.41, 5.74) is 6.09. The average Bonchev–Trinajstić information content (AvgIpc) is 3.26. The number of aromatic amines is 2. The second kappa shape index (κ2) is 5.06. The van der Waals surface area contributed by atoms with Gasteiger partial charge in [0.25, 0.3) is 0 Å². The minimum Gasteiger partial charge on any atom is -0.360 e. The van der Waals surface area contributed by atoms with Gasteiger partial charge in [-0.05, 0) is 12.1 Å². The Hall–Kier alpha value is -3.40. The van der Waals surface area contributed by atoms with Crippen molar-refractivity contribution >= 4 is 21.8 Å². The van der Waals surface area contributed by atoms with E-state index in [9.17, 15) is 0 Å². The fourth-order valence-electron chi connectivity index (χ4n) is 3.19. The van der Waals surface area contributed by atoms with Crippen molar-refractivity contribution in [3.63, 3.8) is 0 Å². The van der Waals surface area contributed by atoms with Gasteiger partial charge >= 0.3 is 0 Å². The number of rotatable bonds is 2. The molecule has 2 aromatic carbocycles. The summed E-state index contributed by atoms with van der Waals surface area (Å²) in [5.74, 6) is 0. The van der Waals surface area contributed by atoms with Gasteiger partial charge in [0.2, 0.25) is 0 Å². The second-order valence-electron chi connectivity index (χ2n) is 5.79. The Morgan fingerprint density at radius 3 is 1.67 bits per heavy atom. The molecule has 0 atom stereocenters. The fourth-order valence-corrected chi connectivity index (χ4v) is 3.19. The first kappa shape index (κ1) is 13.1. The molecule has 0 aliphatic carbocycles. The molecule has 2 N–H and O–H groups in total. The number of benzene rings is 2. The van der Waals surface area contributed by atoms with Crippen molar-refractivity contribution in [1.29, 1.82) is 0 Å². The lowest BCUT2D eigenvalue weighted by Gasteiger charge is -2.03. The normalized spacial score (nSPS) is 11.3. The summed E-state index contributed by atoms with van der Waals surface area (Å²) < 4.78 is 0. The first-order valence-electron chi connectivity index (χ1n) is 7.85. The first-order chi connectivity index (χ1) is 11.9. The summed E-state index contributed by atoms with van der Waals surface area (Å²) >= 11 is 0. The van der Waals surface area contributed by atoms with Crippen molar-refractivity contribution in [2.75, 3.05) is 0 Å². The topological polar surface area (TPSA) is 57.4 Å². The molecule has 114 valence electrons. The van der Waals surface area contributed by atoms with Crippen molar-refractivity contribution < 1.29 is 0 Å². The summed E-state index contributed by atoms with van der Waals surface area (Å²) in [5, 5.41) is 2.31. The lowest BCUT2D eigenvalue weighted by molar-refractivity contribution is 1.21. The van der Waals surface area contributed by atoms with Crippen LogP contribution in [0, 0.1) is 0 Å². The maximum absolute atomic E-state index is 4.86. The molecule has 0 saturated carbocycles. The Bertz CT molecular complexity index is 1080. The largest absolute Gasteiger partial charge is 0.360 e. The third-order valence-electron chi connectivity index (χ3n) is 4.36. The molecule has 0 aliphatic heterocycles. The Morgan fingerprint density at radius 2 is 1.12 bits per heavy atom. The third-order valence-corrected chi connectivity index (χ3v) is 4.36. The highest BCUT2D eigenvalue weighted by Crippen LogP contribution is 2.30. The van der Waals surface area contributed by atoms with Crippen molar-refractivity contribution in [2.24, 2.45) is 0 Å². The van der Waals surface area contributed by atoms with Crippen LogP contribution in [0.1, 0.15) is 0 Å². The van der Waals surface area contributed by atoms with Gasteiger partial charge in [-0.15, -0.1) is 0 Å². The van der Waals surface area contributed by atoms with Gasteiger partial charge in [0, 0.05) is 45.3 Å². The molecule has 3 heterocycles. The molecule has 0 unspecified atom stereocenters. The molecule has 0 saturated heterocycles. The van der Waals surface area contributed by atoms with E-state index in [2.05, 4.69) is 39.2 Å². The third kappa shape index (κ3) is 1.93. The standard InChI is InChI=1S/C20H14N4/c1-3-7-17-13(5-1)15(9-22-17)19-11-21-12-20(24-19)16-10-23-18-8-4-2-6-14(16)18/h1-12,22-23H. The molecular formula is C20H14N4. The van der Waals surface area contributed by atoms with Crippen LogP contribution in [0.4, 0.5) is 0 Å². The molecule has 0 aliphatic rings. The zero-order valence-electron chi connectivity index (χ0n) is 12.8. The molecule has 0 amide bonds. The quantitative estimate of drug-likeness (QED) is 0.493. The summed E-state index contributed by atoms with van der Waals surface area (Å²) in [6.07, 6.45) is 7.61. The average molecular weight is 310 g/mol. The maximum Gasteiger partial charge on any atom is 0.0914 e. The van der Waals surface area contributed by atoms with Crippen LogP contribution < -0.4 is 0 Å². The zero-order chi connectivity index (χ0) is 15.9. The van der Waals surface area contributed by atoms with E-state index in [0.29, 0.717) is 0 Å². The Balaban J connectivity index is 1.69. The number of hydrogen-bond acceptors (Lipinski definition) is 2. The van der Waals surface area contributed by atoms with E-state index in [1.165, 1.54) is 0 Å². The van der Waals surface area contributed by atoms with Gasteiger partial charge in [0.1, 0.15) is 0 Å². The SMILES string of the molecule is c1ccc2c(-c3cncc(-c4c[nH]c5ccccc45)n3)c[nH]c2c1. The molecule has 0 spiro atoms. The molecular weight excluding hydrogens is 296 g/mol. The van der Waals surface area contributed by atoms with Crippen molar-refractivity contribution in [2.45, 2.75) is 0 Å². The first-order valence-corrected chi connectivity index (χ1v) is 7.85. The molecule has 4 nitrogen and oxygen atoms in total. The molecule has 5 rings (SSSR count). The minimum atomic E-state index is 0.871. The van der Waals surface area contributed by atoms with Crippen molar-refractivity contribution in [3.05, 3.63) is 73.3 Å². The monoisotopic (exact) mass is 310 g/mol. The molecule has 0 fully saturated rings. The number of aromatic nitrogens is 4. The van der Waals surface area contributed by atoms with E-state index >= 15 is 0 Å². The predicted octanol–water partition coefficient (Wildman–Crippen LogP) is 4.77. The molecule has 0 radical (unpaired) electrons. The van der Waals surface area contributed by atoms with Crippen LogP contribution >= 0.6 is 0 Å². The summed E-state index contributed by atoms with van der Waals surface area (Å²) in [6, 6.07) is 16.5. The van der Waals surface area contributed by atoms with Crippen LogP contribution in [0.15, 0.2) is 73.3 Å². The van der Waals surface area contributed by atoms with Gasteiger partial charge in [0.15, 0.2) is 0 Å². The zero-order valence-corrected chi connectivity index (χ0v) is 12.8. The van der Waals surface area contributed by atoms with E-state index in [1.54, 1.807) is 0 Å². The fraction of sp³-hybridized carbons (Fsp3) is 0. The number of nitrogens with one attached hydrogen (secondary N) is 2. The van der Waals surface area contributed by atoms with E-state index in [1.807, 2.05) is 49.1 Å². The molecule has 3 aromatic heterocycles. The highest BCUT2D eigenvalue weighted by Gasteiger charge is 2.11. The number of para-hydroxylation sites is 2. The van der Waals surface area contributed by atoms with Crippen molar-refractivity contribution in [1.82, 2.24) is 19.9 Å². The molecule has 5 aromatic rings. The number of fused-ring (bicyclic) bond motifs is 2. The highest BCUT2D eigenvalue weighted by atomic mass is 14.8.